The van der Waals surface area contributed by atoms with Gasteiger partial charge < -0.3 is 10.1 Å². The molecule has 1 aromatic carbocycles. The molecule has 1 heterocycles. The average molecular weight is 343 g/mol. The van der Waals surface area contributed by atoms with E-state index in [0.717, 1.165) is 29.7 Å². The Labute approximate surface area is 145 Å². The minimum absolute atomic E-state index is 0.00977. The van der Waals surface area contributed by atoms with Gasteiger partial charge in [-0.3, -0.25) is 9.59 Å². The van der Waals surface area contributed by atoms with Crippen molar-refractivity contribution in [2.75, 3.05) is 7.11 Å². The summed E-state index contributed by atoms with van der Waals surface area (Å²) in [6.07, 6.45) is 3.03. The number of hydrogen-bond acceptors (Lipinski definition) is 4. The molecule has 1 aromatic heterocycles. The van der Waals surface area contributed by atoms with E-state index in [1.165, 1.54) is 24.0 Å². The molecule has 0 saturated carbocycles. The highest BCUT2D eigenvalue weighted by Gasteiger charge is 2.29. The van der Waals surface area contributed by atoms with Gasteiger partial charge in [-0.25, -0.2) is 0 Å². The summed E-state index contributed by atoms with van der Waals surface area (Å²) in [6, 6.07) is 11.7. The largest absolute Gasteiger partial charge is 0.469 e. The zero-order chi connectivity index (χ0) is 16.9. The molecule has 126 valence electrons. The summed E-state index contributed by atoms with van der Waals surface area (Å²) >= 11 is 1.54. The van der Waals surface area contributed by atoms with Gasteiger partial charge in [-0.1, -0.05) is 30.3 Å². The lowest BCUT2D eigenvalue weighted by Crippen LogP contribution is -2.35. The lowest BCUT2D eigenvalue weighted by molar-refractivity contribution is -0.141. The molecule has 0 saturated heterocycles. The predicted molar refractivity (Wildman–Crippen MR) is 94.0 cm³/mol. The van der Waals surface area contributed by atoms with Crippen LogP contribution in [0, 0.1) is 0 Å². The lowest BCUT2D eigenvalue weighted by atomic mass is 9.82. The summed E-state index contributed by atoms with van der Waals surface area (Å²) in [7, 11) is 1.37. The molecule has 0 bridgehead atoms. The smallest absolute Gasteiger partial charge is 0.307 e. The van der Waals surface area contributed by atoms with Gasteiger partial charge in [-0.2, -0.15) is 0 Å². The molecule has 0 spiro atoms. The Balaban J connectivity index is 1.78. The van der Waals surface area contributed by atoms with Crippen LogP contribution in [0.5, 0.6) is 0 Å². The Morgan fingerprint density at radius 1 is 1.29 bits per heavy atom. The summed E-state index contributed by atoms with van der Waals surface area (Å²) in [6.45, 7) is 0. The molecule has 0 radical (unpaired) electrons. The van der Waals surface area contributed by atoms with Crippen LogP contribution in [-0.4, -0.2) is 19.0 Å². The molecule has 24 heavy (non-hydrogen) atoms. The number of nitrogens with one attached hydrogen (secondary N) is 1. The Hall–Kier alpha value is -2.14. The van der Waals surface area contributed by atoms with Crippen LogP contribution in [0.15, 0.2) is 41.8 Å². The Morgan fingerprint density at radius 3 is 2.88 bits per heavy atom. The van der Waals surface area contributed by atoms with Crippen LogP contribution in [0.1, 0.15) is 47.2 Å². The number of benzene rings is 1. The molecule has 5 heteroatoms. The highest BCUT2D eigenvalue weighted by molar-refractivity contribution is 7.10. The molecule has 2 atom stereocenters. The number of rotatable bonds is 5. The SMILES string of the molecule is COC(=O)CC(NC(=O)C1CCCc2ccccc21)c1cccs1. The number of esters is 1. The fourth-order valence-corrected chi connectivity index (χ4v) is 4.04. The fourth-order valence-electron chi connectivity index (χ4n) is 3.26. The number of carbonyl (C=O) groups is 2. The van der Waals surface area contributed by atoms with E-state index in [1.807, 2.05) is 35.7 Å². The molecule has 1 amide bonds. The van der Waals surface area contributed by atoms with Crippen molar-refractivity contribution in [1.29, 1.82) is 0 Å². The summed E-state index contributed by atoms with van der Waals surface area (Å²) in [4.78, 5) is 25.6. The number of ether oxygens (including phenoxy) is 1. The Bertz CT molecular complexity index is 711. The quantitative estimate of drug-likeness (QED) is 0.844. The molecular weight excluding hydrogens is 322 g/mol. The van der Waals surface area contributed by atoms with Gasteiger partial charge in [0.25, 0.3) is 0 Å². The number of carbonyl (C=O) groups excluding carboxylic acids is 2. The predicted octanol–water partition coefficient (Wildman–Crippen LogP) is 3.59. The van der Waals surface area contributed by atoms with E-state index in [2.05, 4.69) is 11.4 Å². The molecule has 3 rings (SSSR count). The van der Waals surface area contributed by atoms with Crippen molar-refractivity contribution in [2.45, 2.75) is 37.6 Å². The molecule has 1 aliphatic carbocycles. The van der Waals surface area contributed by atoms with Crippen LogP contribution in [0.25, 0.3) is 0 Å². The minimum atomic E-state index is -0.334. The van der Waals surface area contributed by atoms with Crippen LogP contribution >= 0.6 is 11.3 Å². The molecule has 2 unspecified atom stereocenters. The zero-order valence-electron chi connectivity index (χ0n) is 13.7. The number of thiophene rings is 1. The van der Waals surface area contributed by atoms with Crippen molar-refractivity contribution in [3.8, 4) is 0 Å². The number of hydrogen-bond donors (Lipinski definition) is 1. The number of amides is 1. The van der Waals surface area contributed by atoms with Crippen molar-refractivity contribution < 1.29 is 14.3 Å². The molecule has 4 nitrogen and oxygen atoms in total. The molecule has 0 fully saturated rings. The summed E-state index contributed by atoms with van der Waals surface area (Å²) < 4.78 is 4.78. The summed E-state index contributed by atoms with van der Waals surface area (Å²) in [5.41, 5.74) is 2.37. The molecule has 0 aliphatic heterocycles. The minimum Gasteiger partial charge on any atom is -0.469 e. The van der Waals surface area contributed by atoms with Crippen LogP contribution in [0.4, 0.5) is 0 Å². The van der Waals surface area contributed by atoms with Crippen LogP contribution in [0.3, 0.4) is 0 Å². The highest BCUT2D eigenvalue weighted by Crippen LogP contribution is 2.33. The second-order valence-corrected chi connectivity index (χ2v) is 6.98. The third-order valence-corrected chi connectivity index (χ3v) is 5.47. The second kappa shape index (κ2) is 7.62. The van der Waals surface area contributed by atoms with Crippen molar-refractivity contribution >= 4 is 23.2 Å². The van der Waals surface area contributed by atoms with E-state index in [4.69, 9.17) is 4.74 Å². The average Bonchev–Trinajstić information content (AvgIpc) is 3.15. The third kappa shape index (κ3) is 3.67. The van der Waals surface area contributed by atoms with E-state index < -0.39 is 0 Å². The number of methoxy groups -OCH3 is 1. The lowest BCUT2D eigenvalue weighted by Gasteiger charge is -2.26. The first-order valence-corrected chi connectivity index (χ1v) is 9.05. The first-order chi connectivity index (χ1) is 11.7. The van der Waals surface area contributed by atoms with Gasteiger partial charge in [0.05, 0.1) is 25.5 Å². The van der Waals surface area contributed by atoms with E-state index >= 15 is 0 Å². The van der Waals surface area contributed by atoms with Gasteiger partial charge in [-0.15, -0.1) is 11.3 Å². The van der Waals surface area contributed by atoms with Gasteiger partial charge in [0.2, 0.25) is 5.91 Å². The van der Waals surface area contributed by atoms with Crippen LogP contribution in [-0.2, 0) is 20.7 Å². The van der Waals surface area contributed by atoms with E-state index in [1.54, 1.807) is 0 Å². The number of aryl methyl sites for hydroxylation is 1. The molecular formula is C19H21NO3S. The van der Waals surface area contributed by atoms with E-state index in [9.17, 15) is 9.59 Å². The molecule has 1 N–H and O–H groups in total. The summed E-state index contributed by atoms with van der Waals surface area (Å²) in [5, 5.41) is 5.01. The summed E-state index contributed by atoms with van der Waals surface area (Å²) in [5.74, 6) is -0.475. The van der Waals surface area contributed by atoms with Crippen molar-refractivity contribution in [3.63, 3.8) is 0 Å². The number of fused-ring (bicyclic) bond motifs is 1. The van der Waals surface area contributed by atoms with Gasteiger partial charge >= 0.3 is 5.97 Å². The first-order valence-electron chi connectivity index (χ1n) is 8.17. The van der Waals surface area contributed by atoms with Gasteiger partial charge in [0.15, 0.2) is 0 Å². The van der Waals surface area contributed by atoms with Crippen molar-refractivity contribution in [2.24, 2.45) is 0 Å². The maximum absolute atomic E-state index is 12.9. The van der Waals surface area contributed by atoms with Crippen molar-refractivity contribution in [1.82, 2.24) is 5.32 Å². The Kier molecular flexibility index (Phi) is 5.30. The van der Waals surface area contributed by atoms with Crippen molar-refractivity contribution in [3.05, 3.63) is 57.8 Å². The molecule has 2 aromatic rings. The third-order valence-electron chi connectivity index (χ3n) is 4.49. The molecule has 1 aliphatic rings. The monoisotopic (exact) mass is 343 g/mol. The topological polar surface area (TPSA) is 55.4 Å². The van der Waals surface area contributed by atoms with Crippen LogP contribution < -0.4 is 5.32 Å². The van der Waals surface area contributed by atoms with E-state index in [0.29, 0.717) is 0 Å². The highest BCUT2D eigenvalue weighted by atomic mass is 32.1. The maximum atomic E-state index is 12.9. The first kappa shape index (κ1) is 16.7. The van der Waals surface area contributed by atoms with Gasteiger partial charge in [0, 0.05) is 4.88 Å². The van der Waals surface area contributed by atoms with Gasteiger partial charge in [-0.05, 0) is 41.8 Å². The Morgan fingerprint density at radius 2 is 2.12 bits per heavy atom. The van der Waals surface area contributed by atoms with Crippen LogP contribution in [0.2, 0.25) is 0 Å². The fraction of sp³-hybridized carbons (Fsp3) is 0.368. The van der Waals surface area contributed by atoms with Gasteiger partial charge in [0.1, 0.15) is 0 Å². The van der Waals surface area contributed by atoms with E-state index in [-0.39, 0.29) is 30.3 Å². The zero-order valence-corrected chi connectivity index (χ0v) is 14.5. The maximum Gasteiger partial charge on any atom is 0.307 e. The standard InChI is InChI=1S/C19H21NO3S/c1-23-18(21)12-16(17-10-5-11-24-17)20-19(22)15-9-4-7-13-6-2-3-8-14(13)15/h2-3,5-6,8,10-11,15-16H,4,7,9,12H2,1H3,(H,20,22). The second-order valence-electron chi connectivity index (χ2n) is 6.00. The normalized spacial score (nSPS) is 17.6.